The summed E-state index contributed by atoms with van der Waals surface area (Å²) < 4.78 is 27.1. The second kappa shape index (κ2) is 7.83. The summed E-state index contributed by atoms with van der Waals surface area (Å²) in [6, 6.07) is 0. The molecule has 1 amide bonds. The molecule has 1 aromatic rings. The molecule has 29 heavy (non-hydrogen) atoms. The van der Waals surface area contributed by atoms with E-state index in [0.717, 1.165) is 55.9 Å². The second-order valence-electron chi connectivity index (χ2n) is 8.66. The lowest BCUT2D eigenvalue weighted by molar-refractivity contribution is -0.138. The largest absolute Gasteiger partial charge is 0.342 e. The topological polar surface area (TPSA) is 92.6 Å². The molecule has 0 bridgehead atoms. The standard InChI is InChI=1S/C20H30N4O4S/c1-14-18(24-10-4-6-17(24)21-19(14)25)16-5-3-9-22(13-16)20(26)15-7-11-23(12-8-15)29(2,27)28/h15-16H,3-13H2,1-2H3/t16-/m1/s1. The average molecular weight is 423 g/mol. The third-order valence-electron chi connectivity index (χ3n) is 6.71. The van der Waals surface area contributed by atoms with E-state index in [1.165, 1.54) is 10.6 Å². The van der Waals surface area contributed by atoms with E-state index >= 15 is 0 Å². The number of sulfonamides is 1. The first-order valence-corrected chi connectivity index (χ1v) is 12.4. The van der Waals surface area contributed by atoms with Crippen molar-refractivity contribution in [2.45, 2.75) is 57.9 Å². The van der Waals surface area contributed by atoms with Crippen molar-refractivity contribution in [3.05, 3.63) is 27.4 Å². The molecule has 9 heteroatoms. The van der Waals surface area contributed by atoms with Gasteiger partial charge in [-0.25, -0.2) is 12.7 Å². The van der Waals surface area contributed by atoms with Crippen LogP contribution >= 0.6 is 0 Å². The summed E-state index contributed by atoms with van der Waals surface area (Å²) in [7, 11) is -3.19. The summed E-state index contributed by atoms with van der Waals surface area (Å²) >= 11 is 0. The van der Waals surface area contributed by atoms with Crippen LogP contribution in [0.3, 0.4) is 0 Å². The van der Waals surface area contributed by atoms with Crippen molar-refractivity contribution in [1.29, 1.82) is 0 Å². The molecule has 2 saturated heterocycles. The van der Waals surface area contributed by atoms with Crippen LogP contribution in [0.15, 0.2) is 4.79 Å². The fourth-order valence-electron chi connectivity index (χ4n) is 5.17. The molecule has 0 spiro atoms. The van der Waals surface area contributed by atoms with Crippen LogP contribution < -0.4 is 5.56 Å². The molecule has 3 aliphatic heterocycles. The molecule has 4 heterocycles. The van der Waals surface area contributed by atoms with Crippen molar-refractivity contribution in [2.75, 3.05) is 32.4 Å². The van der Waals surface area contributed by atoms with Crippen LogP contribution in [0.25, 0.3) is 0 Å². The summed E-state index contributed by atoms with van der Waals surface area (Å²) in [6.07, 6.45) is 6.13. The zero-order valence-electron chi connectivity index (χ0n) is 17.3. The van der Waals surface area contributed by atoms with Gasteiger partial charge in [-0.1, -0.05) is 0 Å². The highest BCUT2D eigenvalue weighted by Gasteiger charge is 2.35. The first kappa shape index (κ1) is 20.5. The van der Waals surface area contributed by atoms with Gasteiger partial charge in [-0.15, -0.1) is 0 Å². The Morgan fingerprint density at radius 1 is 1.07 bits per heavy atom. The minimum atomic E-state index is -3.19. The van der Waals surface area contributed by atoms with E-state index in [2.05, 4.69) is 9.55 Å². The molecule has 3 aliphatic rings. The van der Waals surface area contributed by atoms with Crippen molar-refractivity contribution < 1.29 is 13.2 Å². The SMILES string of the molecule is Cc1c([C@@H]2CCCN(C(=O)C3CCN(S(C)(=O)=O)CC3)C2)n2c(nc1=O)CCC2. The van der Waals surface area contributed by atoms with Crippen LogP contribution in [0.1, 0.15) is 55.1 Å². The fourth-order valence-corrected chi connectivity index (χ4v) is 6.04. The fraction of sp³-hybridized carbons (Fsp3) is 0.750. The summed E-state index contributed by atoms with van der Waals surface area (Å²) in [5, 5.41) is 0. The number of nitrogens with zero attached hydrogens (tertiary/aromatic N) is 4. The molecule has 0 radical (unpaired) electrons. The molecule has 0 aliphatic carbocycles. The lowest BCUT2D eigenvalue weighted by Gasteiger charge is -2.38. The number of carbonyl (C=O) groups excluding carboxylic acids is 1. The highest BCUT2D eigenvalue weighted by atomic mass is 32.2. The van der Waals surface area contributed by atoms with Crippen molar-refractivity contribution >= 4 is 15.9 Å². The van der Waals surface area contributed by atoms with Gasteiger partial charge < -0.3 is 9.47 Å². The van der Waals surface area contributed by atoms with Crippen molar-refractivity contribution in [3.63, 3.8) is 0 Å². The van der Waals surface area contributed by atoms with Gasteiger partial charge in [0.15, 0.2) is 0 Å². The average Bonchev–Trinajstić information content (AvgIpc) is 3.15. The second-order valence-corrected chi connectivity index (χ2v) is 10.6. The van der Waals surface area contributed by atoms with Crippen molar-refractivity contribution in [3.8, 4) is 0 Å². The summed E-state index contributed by atoms with van der Waals surface area (Å²) in [5.74, 6) is 1.07. The van der Waals surface area contributed by atoms with Crippen molar-refractivity contribution in [1.82, 2.24) is 18.8 Å². The van der Waals surface area contributed by atoms with E-state index in [1.807, 2.05) is 11.8 Å². The lowest BCUT2D eigenvalue weighted by Crippen LogP contribution is -2.47. The van der Waals surface area contributed by atoms with Crippen LogP contribution in [0.5, 0.6) is 0 Å². The van der Waals surface area contributed by atoms with Crippen LogP contribution in [-0.2, 0) is 27.8 Å². The molecule has 0 unspecified atom stereocenters. The molecule has 8 nitrogen and oxygen atoms in total. The van der Waals surface area contributed by atoms with Gasteiger partial charge in [-0.3, -0.25) is 9.59 Å². The van der Waals surface area contributed by atoms with Gasteiger partial charge in [-0.05, 0) is 39.0 Å². The Morgan fingerprint density at radius 3 is 2.48 bits per heavy atom. The van der Waals surface area contributed by atoms with Gasteiger partial charge >= 0.3 is 0 Å². The number of likely N-dealkylation sites (tertiary alicyclic amines) is 1. The van der Waals surface area contributed by atoms with E-state index in [9.17, 15) is 18.0 Å². The first-order chi connectivity index (χ1) is 13.8. The number of carbonyl (C=O) groups is 1. The number of piperidine rings is 2. The number of hydrogen-bond donors (Lipinski definition) is 0. The molecule has 4 rings (SSSR count). The van der Waals surface area contributed by atoms with Crippen molar-refractivity contribution in [2.24, 2.45) is 5.92 Å². The maximum Gasteiger partial charge on any atom is 0.276 e. The Balaban J connectivity index is 1.49. The van der Waals surface area contributed by atoms with Gasteiger partial charge in [0, 0.05) is 62.2 Å². The summed E-state index contributed by atoms with van der Waals surface area (Å²) in [4.78, 5) is 31.7. The summed E-state index contributed by atoms with van der Waals surface area (Å²) in [5.41, 5.74) is 1.66. The predicted octanol–water partition coefficient (Wildman–Crippen LogP) is 0.876. The smallest absolute Gasteiger partial charge is 0.276 e. The third kappa shape index (κ3) is 3.99. The molecule has 0 aromatic carbocycles. The molecule has 0 saturated carbocycles. The van der Waals surface area contributed by atoms with E-state index in [-0.39, 0.29) is 23.3 Å². The molecular formula is C20H30N4O4S. The lowest BCUT2D eigenvalue weighted by atomic mass is 9.89. The first-order valence-electron chi connectivity index (χ1n) is 10.6. The predicted molar refractivity (Wildman–Crippen MR) is 109 cm³/mol. The number of aryl methyl sites for hydroxylation is 1. The zero-order valence-corrected chi connectivity index (χ0v) is 18.1. The maximum absolute atomic E-state index is 13.1. The van der Waals surface area contributed by atoms with Crippen LogP contribution in [0.2, 0.25) is 0 Å². The number of fused-ring (bicyclic) bond motifs is 1. The van der Waals surface area contributed by atoms with E-state index in [1.54, 1.807) is 0 Å². The third-order valence-corrected chi connectivity index (χ3v) is 8.02. The molecule has 1 atom stereocenters. The monoisotopic (exact) mass is 422 g/mol. The van der Waals surface area contributed by atoms with Crippen LogP contribution in [0, 0.1) is 12.8 Å². The molecule has 160 valence electrons. The van der Waals surface area contributed by atoms with Gasteiger partial charge in [0.25, 0.3) is 5.56 Å². The van der Waals surface area contributed by atoms with Crippen LogP contribution in [-0.4, -0.2) is 65.5 Å². The van der Waals surface area contributed by atoms with Gasteiger partial charge in [0.1, 0.15) is 5.82 Å². The summed E-state index contributed by atoms with van der Waals surface area (Å²) in [6.45, 7) is 4.96. The van der Waals surface area contributed by atoms with E-state index in [0.29, 0.717) is 32.5 Å². The van der Waals surface area contributed by atoms with Gasteiger partial charge in [0.05, 0.1) is 6.26 Å². The Labute approximate surface area is 172 Å². The number of hydrogen-bond acceptors (Lipinski definition) is 5. The van der Waals surface area contributed by atoms with E-state index < -0.39 is 10.0 Å². The Hall–Kier alpha value is -1.74. The van der Waals surface area contributed by atoms with Gasteiger partial charge in [-0.2, -0.15) is 4.98 Å². The minimum absolute atomic E-state index is 0.112. The quantitative estimate of drug-likeness (QED) is 0.721. The molecule has 2 fully saturated rings. The molecule has 0 N–H and O–H groups in total. The Kier molecular flexibility index (Phi) is 5.54. The highest BCUT2D eigenvalue weighted by Crippen LogP contribution is 2.32. The number of aromatic nitrogens is 2. The van der Waals surface area contributed by atoms with E-state index in [4.69, 9.17) is 0 Å². The maximum atomic E-state index is 13.1. The molecule has 1 aromatic heterocycles. The zero-order chi connectivity index (χ0) is 20.8. The number of amides is 1. The van der Waals surface area contributed by atoms with Gasteiger partial charge in [0.2, 0.25) is 15.9 Å². The Bertz CT molecular complexity index is 963. The Morgan fingerprint density at radius 2 is 1.79 bits per heavy atom. The molecular weight excluding hydrogens is 392 g/mol. The number of rotatable bonds is 3. The minimum Gasteiger partial charge on any atom is -0.342 e. The van der Waals surface area contributed by atoms with Crippen LogP contribution in [0.4, 0.5) is 0 Å². The normalized spacial score (nSPS) is 23.9. The highest BCUT2D eigenvalue weighted by molar-refractivity contribution is 7.88.